The molecule has 3 rings (SSSR count). The summed E-state index contributed by atoms with van der Waals surface area (Å²) < 4.78 is 56.2. The van der Waals surface area contributed by atoms with Crippen molar-refractivity contribution in [2.75, 3.05) is 17.4 Å². The van der Waals surface area contributed by atoms with Crippen molar-refractivity contribution in [3.05, 3.63) is 96.1 Å². The third-order valence-electron chi connectivity index (χ3n) is 5.88. The van der Waals surface area contributed by atoms with E-state index >= 15 is 0 Å². The van der Waals surface area contributed by atoms with Crippen molar-refractivity contribution in [3.63, 3.8) is 0 Å². The molecule has 0 heterocycles. The number of benzene rings is 3. The van der Waals surface area contributed by atoms with Crippen LogP contribution in [-0.4, -0.2) is 44.3 Å². The number of anilines is 1. The van der Waals surface area contributed by atoms with Gasteiger partial charge in [0.05, 0.1) is 10.6 Å². The number of halogens is 2. The molecular weight excluding hydrogens is 512 g/mol. The highest BCUT2D eigenvalue weighted by Gasteiger charge is 2.32. The molecule has 0 radical (unpaired) electrons. The lowest BCUT2D eigenvalue weighted by Gasteiger charge is -2.32. The second kappa shape index (κ2) is 12.6. The first-order valence-electron chi connectivity index (χ1n) is 12.1. The Morgan fingerprint density at radius 2 is 1.47 bits per heavy atom. The highest BCUT2D eigenvalue weighted by molar-refractivity contribution is 7.92. The summed E-state index contributed by atoms with van der Waals surface area (Å²) in [4.78, 5) is 27.7. The van der Waals surface area contributed by atoms with E-state index < -0.39 is 46.1 Å². The summed E-state index contributed by atoms with van der Waals surface area (Å²) in [5.41, 5.74) is 0.231. The molecule has 0 spiro atoms. The molecule has 2 amide bonds. The van der Waals surface area contributed by atoms with Crippen molar-refractivity contribution in [1.82, 2.24) is 10.2 Å². The first-order valence-corrected chi connectivity index (χ1v) is 13.6. The van der Waals surface area contributed by atoms with E-state index in [9.17, 15) is 26.8 Å². The van der Waals surface area contributed by atoms with Gasteiger partial charge in [0.15, 0.2) is 0 Å². The molecule has 1 atom stereocenters. The van der Waals surface area contributed by atoms with Crippen molar-refractivity contribution in [2.24, 2.45) is 5.92 Å². The number of nitrogens with one attached hydrogen (secondary N) is 1. The van der Waals surface area contributed by atoms with Gasteiger partial charge in [-0.15, -0.1) is 0 Å². The lowest BCUT2D eigenvalue weighted by Crippen LogP contribution is -2.51. The summed E-state index contributed by atoms with van der Waals surface area (Å²) in [5.74, 6) is -2.17. The Bertz CT molecular complexity index is 1350. The molecule has 3 aromatic rings. The molecule has 0 aliphatic carbocycles. The van der Waals surface area contributed by atoms with Crippen molar-refractivity contribution in [1.29, 1.82) is 0 Å². The van der Waals surface area contributed by atoms with E-state index in [0.29, 0.717) is 6.54 Å². The summed E-state index contributed by atoms with van der Waals surface area (Å²) in [6.07, 6.45) is 0. The zero-order chi connectivity index (χ0) is 27.9. The summed E-state index contributed by atoms with van der Waals surface area (Å²) in [6.45, 7) is 4.76. The maximum absolute atomic E-state index is 14.5. The largest absolute Gasteiger partial charge is 0.354 e. The number of amides is 2. The van der Waals surface area contributed by atoms with Gasteiger partial charge in [-0.1, -0.05) is 50.2 Å². The number of carbonyl (C=O) groups excluding carboxylic acids is 2. The smallest absolute Gasteiger partial charge is 0.264 e. The van der Waals surface area contributed by atoms with Crippen molar-refractivity contribution in [2.45, 2.75) is 38.3 Å². The van der Waals surface area contributed by atoms with Crippen LogP contribution in [0.2, 0.25) is 0 Å². The van der Waals surface area contributed by atoms with Gasteiger partial charge in [-0.05, 0) is 55.3 Å². The minimum atomic E-state index is -4.26. The molecule has 38 heavy (non-hydrogen) atoms. The molecule has 0 saturated heterocycles. The molecular formula is C28H31F2N3O4S. The van der Waals surface area contributed by atoms with Crippen LogP contribution in [-0.2, 0) is 26.2 Å². The predicted molar refractivity (Wildman–Crippen MR) is 142 cm³/mol. The number of hydrogen-bond acceptors (Lipinski definition) is 4. The number of carbonyl (C=O) groups is 2. The fraction of sp³-hybridized carbons (Fsp3) is 0.286. The Labute approximate surface area is 222 Å². The first-order chi connectivity index (χ1) is 18.0. The van der Waals surface area contributed by atoms with E-state index in [2.05, 4.69) is 5.32 Å². The van der Waals surface area contributed by atoms with E-state index in [1.807, 2.05) is 13.8 Å². The van der Waals surface area contributed by atoms with Crippen LogP contribution in [0.1, 0.15) is 26.3 Å². The third-order valence-corrected chi connectivity index (χ3v) is 7.66. The topological polar surface area (TPSA) is 86.8 Å². The molecule has 0 aromatic heterocycles. The zero-order valence-electron chi connectivity index (χ0n) is 21.5. The fourth-order valence-electron chi connectivity index (χ4n) is 3.70. The maximum atomic E-state index is 14.5. The molecule has 7 nitrogen and oxygen atoms in total. The van der Waals surface area contributed by atoms with Gasteiger partial charge in [-0.2, -0.15) is 0 Å². The van der Waals surface area contributed by atoms with Crippen LogP contribution in [0.4, 0.5) is 14.5 Å². The molecule has 0 unspecified atom stereocenters. The summed E-state index contributed by atoms with van der Waals surface area (Å²) in [6, 6.07) is 17.0. The SMILES string of the molecule is CC(C)CNC(=O)[C@@H](C)N(Cc1ccccc1F)C(=O)CN(c1ccc(F)cc1)S(=O)(=O)c1ccccc1. The fourth-order valence-corrected chi connectivity index (χ4v) is 5.14. The van der Waals surface area contributed by atoms with E-state index in [1.54, 1.807) is 24.3 Å². The molecule has 202 valence electrons. The average Bonchev–Trinajstić information content (AvgIpc) is 2.90. The molecule has 0 aliphatic heterocycles. The number of nitrogens with zero attached hydrogens (tertiary/aromatic N) is 2. The third kappa shape index (κ3) is 7.16. The van der Waals surface area contributed by atoms with Crippen molar-refractivity contribution < 1.29 is 26.8 Å². The van der Waals surface area contributed by atoms with Crippen LogP contribution in [0.3, 0.4) is 0 Å². The van der Waals surface area contributed by atoms with Gasteiger partial charge in [-0.25, -0.2) is 17.2 Å². The minimum absolute atomic E-state index is 0.0614. The van der Waals surface area contributed by atoms with Crippen molar-refractivity contribution >= 4 is 27.5 Å². The summed E-state index contributed by atoms with van der Waals surface area (Å²) in [5, 5.41) is 2.76. The van der Waals surface area contributed by atoms with Crippen LogP contribution in [0.15, 0.2) is 83.8 Å². The van der Waals surface area contributed by atoms with Gasteiger partial charge >= 0.3 is 0 Å². The molecule has 10 heteroatoms. The predicted octanol–water partition coefficient (Wildman–Crippen LogP) is 4.35. The van der Waals surface area contributed by atoms with Gasteiger partial charge in [-0.3, -0.25) is 13.9 Å². The quantitative estimate of drug-likeness (QED) is 0.390. The lowest BCUT2D eigenvalue weighted by atomic mass is 10.1. The van der Waals surface area contributed by atoms with Crippen LogP contribution in [0.5, 0.6) is 0 Å². The van der Waals surface area contributed by atoms with Gasteiger partial charge < -0.3 is 10.2 Å². The molecule has 0 aliphatic rings. The maximum Gasteiger partial charge on any atom is 0.264 e. The van der Waals surface area contributed by atoms with Crippen LogP contribution < -0.4 is 9.62 Å². The van der Waals surface area contributed by atoms with Crippen molar-refractivity contribution in [3.8, 4) is 0 Å². The minimum Gasteiger partial charge on any atom is -0.354 e. The monoisotopic (exact) mass is 543 g/mol. The number of sulfonamides is 1. The van der Waals surface area contributed by atoms with E-state index in [-0.39, 0.29) is 28.6 Å². The number of hydrogen-bond donors (Lipinski definition) is 1. The Hall–Kier alpha value is -3.79. The first kappa shape index (κ1) is 28.8. The van der Waals surface area contributed by atoms with Gasteiger partial charge in [0.25, 0.3) is 10.0 Å². The van der Waals surface area contributed by atoms with Crippen LogP contribution >= 0.6 is 0 Å². The molecule has 1 N–H and O–H groups in total. The highest BCUT2D eigenvalue weighted by atomic mass is 32.2. The average molecular weight is 544 g/mol. The zero-order valence-corrected chi connectivity index (χ0v) is 22.3. The standard InChI is InChI=1S/C28H31F2N3O4S/c1-20(2)17-31-28(35)21(3)32(18-22-9-7-8-12-26(22)30)27(34)19-33(24-15-13-23(29)14-16-24)38(36,37)25-10-5-4-6-11-25/h4-16,20-21H,17-19H2,1-3H3,(H,31,35)/t21-/m1/s1. The molecule has 0 fully saturated rings. The van der Waals surface area contributed by atoms with E-state index in [4.69, 9.17) is 0 Å². The Kier molecular flexibility index (Phi) is 9.57. The van der Waals surface area contributed by atoms with Gasteiger partial charge in [0, 0.05) is 18.7 Å². The van der Waals surface area contributed by atoms with E-state index in [0.717, 1.165) is 21.3 Å². The molecule has 3 aromatic carbocycles. The second-order valence-electron chi connectivity index (χ2n) is 9.23. The highest BCUT2D eigenvalue weighted by Crippen LogP contribution is 2.25. The Morgan fingerprint density at radius 1 is 0.868 bits per heavy atom. The van der Waals surface area contributed by atoms with Crippen LogP contribution in [0.25, 0.3) is 0 Å². The lowest BCUT2D eigenvalue weighted by molar-refractivity contribution is -0.139. The second-order valence-corrected chi connectivity index (χ2v) is 11.1. The van der Waals surface area contributed by atoms with Gasteiger partial charge in [0.2, 0.25) is 11.8 Å². The Balaban J connectivity index is 2.00. The molecule has 0 saturated carbocycles. The normalized spacial score (nSPS) is 12.2. The molecule has 0 bridgehead atoms. The summed E-state index contributed by atoms with van der Waals surface area (Å²) in [7, 11) is -4.26. The van der Waals surface area contributed by atoms with Crippen LogP contribution in [0, 0.1) is 17.6 Å². The number of rotatable bonds is 11. The van der Waals surface area contributed by atoms with E-state index in [1.165, 1.54) is 49.4 Å². The van der Waals surface area contributed by atoms with Gasteiger partial charge in [0.1, 0.15) is 24.2 Å². The Morgan fingerprint density at radius 3 is 2.08 bits per heavy atom. The summed E-state index contributed by atoms with van der Waals surface area (Å²) >= 11 is 0.